The second kappa shape index (κ2) is 8.62. The number of aromatic nitrogens is 2. The van der Waals surface area contributed by atoms with E-state index in [-0.39, 0.29) is 15.8 Å². The maximum Gasteiger partial charge on any atom is 0.242 e. The van der Waals surface area contributed by atoms with E-state index < -0.39 is 10.0 Å². The number of anilines is 1. The van der Waals surface area contributed by atoms with E-state index in [1.165, 1.54) is 18.3 Å². The molecule has 0 spiro atoms. The first-order chi connectivity index (χ1) is 13.3. The zero-order valence-corrected chi connectivity index (χ0v) is 17.5. The fourth-order valence-electron chi connectivity index (χ4n) is 3.13. The summed E-state index contributed by atoms with van der Waals surface area (Å²) in [6.07, 6.45) is 4.61. The van der Waals surface area contributed by atoms with E-state index in [4.69, 9.17) is 28.5 Å². The standard InChI is InChI=1S/C18H19Cl2N5O2S/c1-12-8-17(15(20)9-14(12)19)28(26,27)24-11-13-2-6-25(7-3-13)18-16(10-21)22-4-5-23-18/h4-5,8-9,13,24H,2-3,6-7,11H2,1H3. The molecule has 28 heavy (non-hydrogen) atoms. The number of aryl methyl sites for hydroxylation is 1. The predicted octanol–water partition coefficient (Wildman–Crippen LogP) is 3.16. The highest BCUT2D eigenvalue weighted by Gasteiger charge is 2.25. The van der Waals surface area contributed by atoms with Crippen LogP contribution in [0.2, 0.25) is 10.0 Å². The highest BCUT2D eigenvalue weighted by atomic mass is 35.5. The van der Waals surface area contributed by atoms with Gasteiger partial charge in [-0.2, -0.15) is 5.26 Å². The van der Waals surface area contributed by atoms with Gasteiger partial charge in [-0.1, -0.05) is 23.2 Å². The molecule has 1 saturated heterocycles. The van der Waals surface area contributed by atoms with Gasteiger partial charge in [-0.25, -0.2) is 23.1 Å². The second-order valence-electron chi connectivity index (χ2n) is 6.65. The Labute approximate surface area is 174 Å². The van der Waals surface area contributed by atoms with Crippen molar-refractivity contribution in [3.8, 4) is 6.07 Å². The number of benzene rings is 1. The first-order valence-electron chi connectivity index (χ1n) is 8.73. The van der Waals surface area contributed by atoms with Crippen LogP contribution in [0.15, 0.2) is 29.4 Å². The molecule has 10 heteroatoms. The molecular weight excluding hydrogens is 421 g/mol. The van der Waals surface area contributed by atoms with Crippen molar-refractivity contribution in [1.82, 2.24) is 14.7 Å². The predicted molar refractivity (Wildman–Crippen MR) is 108 cm³/mol. The highest BCUT2D eigenvalue weighted by Crippen LogP contribution is 2.29. The lowest BCUT2D eigenvalue weighted by Crippen LogP contribution is -2.39. The maximum absolute atomic E-state index is 12.6. The molecule has 0 amide bonds. The Morgan fingerprint density at radius 3 is 2.57 bits per heavy atom. The minimum atomic E-state index is -3.73. The van der Waals surface area contributed by atoms with Crippen LogP contribution in [0.4, 0.5) is 5.82 Å². The third-order valence-electron chi connectivity index (χ3n) is 4.76. The molecule has 1 aromatic heterocycles. The molecule has 1 N–H and O–H groups in total. The number of piperidine rings is 1. The van der Waals surface area contributed by atoms with E-state index in [1.54, 1.807) is 13.1 Å². The molecule has 148 valence electrons. The Balaban J connectivity index is 1.61. The van der Waals surface area contributed by atoms with Crippen LogP contribution in [0.25, 0.3) is 0 Å². The average Bonchev–Trinajstić information content (AvgIpc) is 2.69. The number of hydrogen-bond acceptors (Lipinski definition) is 6. The number of nitrogens with zero attached hydrogens (tertiary/aromatic N) is 4. The SMILES string of the molecule is Cc1cc(S(=O)(=O)NCC2CCN(c3nccnc3C#N)CC2)c(Cl)cc1Cl. The van der Waals surface area contributed by atoms with Gasteiger partial charge in [0.2, 0.25) is 10.0 Å². The molecule has 7 nitrogen and oxygen atoms in total. The number of hydrogen-bond donors (Lipinski definition) is 1. The number of rotatable bonds is 5. The molecule has 3 rings (SSSR count). The van der Waals surface area contributed by atoms with Gasteiger partial charge in [0.15, 0.2) is 11.5 Å². The minimum Gasteiger partial charge on any atom is -0.354 e. The Kier molecular flexibility index (Phi) is 6.40. The maximum atomic E-state index is 12.6. The summed E-state index contributed by atoms with van der Waals surface area (Å²) in [5.41, 5.74) is 0.950. The third-order valence-corrected chi connectivity index (χ3v) is 7.06. The Bertz CT molecular complexity index is 1020. The Hall–Kier alpha value is -1.92. The van der Waals surface area contributed by atoms with Crippen molar-refractivity contribution in [3.05, 3.63) is 45.8 Å². The van der Waals surface area contributed by atoms with Crippen molar-refractivity contribution in [2.45, 2.75) is 24.7 Å². The molecule has 1 aliphatic heterocycles. The van der Waals surface area contributed by atoms with Gasteiger partial charge in [0.25, 0.3) is 0 Å². The molecule has 0 unspecified atom stereocenters. The first-order valence-corrected chi connectivity index (χ1v) is 11.0. The van der Waals surface area contributed by atoms with E-state index in [1.807, 2.05) is 4.90 Å². The average molecular weight is 440 g/mol. The summed E-state index contributed by atoms with van der Waals surface area (Å²) in [5, 5.41) is 9.70. The van der Waals surface area contributed by atoms with Crippen LogP contribution in [0, 0.1) is 24.2 Å². The quantitative estimate of drug-likeness (QED) is 0.767. The number of halogens is 2. The Morgan fingerprint density at radius 2 is 1.89 bits per heavy atom. The summed E-state index contributed by atoms with van der Waals surface area (Å²) >= 11 is 12.1. The molecule has 2 aromatic rings. The smallest absolute Gasteiger partial charge is 0.242 e. The van der Waals surface area contributed by atoms with Gasteiger partial charge in [-0.15, -0.1) is 0 Å². The summed E-state index contributed by atoms with van der Waals surface area (Å²) in [5.74, 6) is 0.757. The lowest BCUT2D eigenvalue weighted by molar-refractivity contribution is 0.400. The van der Waals surface area contributed by atoms with Crippen LogP contribution in [-0.4, -0.2) is 38.0 Å². The van der Waals surface area contributed by atoms with Crippen LogP contribution in [0.5, 0.6) is 0 Å². The fraction of sp³-hybridized carbons (Fsp3) is 0.389. The second-order valence-corrected chi connectivity index (χ2v) is 9.20. The first kappa shape index (κ1) is 20.8. The van der Waals surface area contributed by atoms with E-state index in [2.05, 4.69) is 20.8 Å². The lowest BCUT2D eigenvalue weighted by atomic mass is 9.97. The van der Waals surface area contributed by atoms with E-state index in [0.29, 0.717) is 41.7 Å². The molecule has 0 radical (unpaired) electrons. The van der Waals surface area contributed by atoms with Gasteiger partial charge in [0.05, 0.1) is 5.02 Å². The van der Waals surface area contributed by atoms with Crippen molar-refractivity contribution < 1.29 is 8.42 Å². The van der Waals surface area contributed by atoms with Crippen molar-refractivity contribution in [1.29, 1.82) is 5.26 Å². The van der Waals surface area contributed by atoms with Gasteiger partial charge >= 0.3 is 0 Å². The van der Waals surface area contributed by atoms with E-state index >= 15 is 0 Å². The van der Waals surface area contributed by atoms with Crippen molar-refractivity contribution in [2.24, 2.45) is 5.92 Å². The monoisotopic (exact) mass is 439 g/mol. The molecule has 0 atom stereocenters. The summed E-state index contributed by atoms with van der Waals surface area (Å²) in [4.78, 5) is 10.3. The van der Waals surface area contributed by atoms with Crippen molar-refractivity contribution in [2.75, 3.05) is 24.5 Å². The van der Waals surface area contributed by atoms with Gasteiger partial charge in [-0.05, 0) is 43.4 Å². The van der Waals surface area contributed by atoms with Crippen LogP contribution < -0.4 is 9.62 Å². The van der Waals surface area contributed by atoms with Crippen molar-refractivity contribution in [3.63, 3.8) is 0 Å². The summed E-state index contributed by atoms with van der Waals surface area (Å²) in [7, 11) is -3.73. The van der Waals surface area contributed by atoms with Gasteiger partial charge in [-0.3, -0.25) is 0 Å². The molecule has 0 aliphatic carbocycles. The molecule has 1 aromatic carbocycles. The molecule has 0 saturated carbocycles. The largest absolute Gasteiger partial charge is 0.354 e. The van der Waals surface area contributed by atoms with Gasteiger partial charge < -0.3 is 4.90 Å². The zero-order chi connectivity index (χ0) is 20.3. The zero-order valence-electron chi connectivity index (χ0n) is 15.2. The van der Waals surface area contributed by atoms with Crippen LogP contribution in [0.3, 0.4) is 0 Å². The molecule has 0 bridgehead atoms. The number of nitrogens with one attached hydrogen (secondary N) is 1. The molecular formula is C18H19Cl2N5O2S. The van der Waals surface area contributed by atoms with Gasteiger partial charge in [0, 0.05) is 37.1 Å². The van der Waals surface area contributed by atoms with E-state index in [0.717, 1.165) is 12.8 Å². The third kappa shape index (κ3) is 4.55. The van der Waals surface area contributed by atoms with Crippen LogP contribution in [-0.2, 0) is 10.0 Å². The summed E-state index contributed by atoms with van der Waals surface area (Å²) in [6.45, 7) is 3.41. The normalized spacial score (nSPS) is 15.4. The summed E-state index contributed by atoms with van der Waals surface area (Å²) in [6, 6.07) is 4.98. The fourth-order valence-corrected chi connectivity index (χ4v) is 5.08. The lowest BCUT2D eigenvalue weighted by Gasteiger charge is -2.32. The molecule has 1 aliphatic rings. The van der Waals surface area contributed by atoms with Crippen LogP contribution in [0.1, 0.15) is 24.1 Å². The highest BCUT2D eigenvalue weighted by molar-refractivity contribution is 7.89. The van der Waals surface area contributed by atoms with Gasteiger partial charge in [0.1, 0.15) is 11.0 Å². The van der Waals surface area contributed by atoms with E-state index in [9.17, 15) is 8.42 Å². The Morgan fingerprint density at radius 1 is 1.21 bits per heavy atom. The molecule has 2 heterocycles. The van der Waals surface area contributed by atoms with Crippen molar-refractivity contribution >= 4 is 39.0 Å². The molecule has 1 fully saturated rings. The minimum absolute atomic E-state index is 0.0340. The number of nitriles is 1. The topological polar surface area (TPSA) is 99.0 Å². The number of sulfonamides is 1. The van der Waals surface area contributed by atoms with Crippen LogP contribution >= 0.6 is 23.2 Å². The summed E-state index contributed by atoms with van der Waals surface area (Å²) < 4.78 is 27.9.